The number of piperazine rings is 1. The van der Waals surface area contributed by atoms with Crippen molar-refractivity contribution >= 4 is 35.1 Å². The van der Waals surface area contributed by atoms with Crippen LogP contribution in [0.15, 0.2) is 66.5 Å². The summed E-state index contributed by atoms with van der Waals surface area (Å²) in [7, 11) is 1.95. The Balaban J connectivity index is 1.19. The SMILES string of the molecule is CN1C=C2C(=O)N(N3CCN(C(=O)C(CNC(=O)Nc4ccc(Cl)cc4)c4ccccc4)CC3)CN2C1. The van der Waals surface area contributed by atoms with E-state index < -0.39 is 11.9 Å². The first-order valence-corrected chi connectivity index (χ1v) is 12.6. The first-order chi connectivity index (χ1) is 17.9. The summed E-state index contributed by atoms with van der Waals surface area (Å²) in [5.74, 6) is -0.569. The molecule has 2 N–H and O–H groups in total. The molecule has 3 aliphatic heterocycles. The lowest BCUT2D eigenvalue weighted by molar-refractivity contribution is -0.148. The molecule has 11 heteroatoms. The lowest BCUT2D eigenvalue weighted by Gasteiger charge is -2.40. The van der Waals surface area contributed by atoms with Crippen molar-refractivity contribution in [3.8, 4) is 0 Å². The second kappa shape index (κ2) is 10.7. The third-order valence-corrected chi connectivity index (χ3v) is 7.07. The Morgan fingerprint density at radius 3 is 2.35 bits per heavy atom. The number of hydrogen-bond donors (Lipinski definition) is 2. The van der Waals surface area contributed by atoms with Crippen molar-refractivity contribution in [1.29, 1.82) is 0 Å². The number of nitrogens with one attached hydrogen (secondary N) is 2. The van der Waals surface area contributed by atoms with E-state index in [0.717, 1.165) is 5.56 Å². The number of rotatable bonds is 6. The monoisotopic (exact) mass is 523 g/mol. The number of hydrazine groups is 1. The minimum Gasteiger partial charge on any atom is -0.361 e. The molecule has 0 aliphatic carbocycles. The Hall–Kier alpha value is -3.76. The van der Waals surface area contributed by atoms with Gasteiger partial charge in [0.25, 0.3) is 5.91 Å². The summed E-state index contributed by atoms with van der Waals surface area (Å²) in [6, 6.07) is 15.9. The molecule has 37 heavy (non-hydrogen) atoms. The number of halogens is 1. The first-order valence-electron chi connectivity index (χ1n) is 12.3. The van der Waals surface area contributed by atoms with Crippen LogP contribution in [0.3, 0.4) is 0 Å². The highest BCUT2D eigenvalue weighted by Crippen LogP contribution is 2.26. The van der Waals surface area contributed by atoms with Crippen molar-refractivity contribution in [3.05, 3.63) is 77.1 Å². The average molecular weight is 524 g/mol. The fourth-order valence-corrected chi connectivity index (χ4v) is 5.00. The molecule has 0 bridgehead atoms. The molecule has 1 atom stereocenters. The van der Waals surface area contributed by atoms with E-state index in [-0.39, 0.29) is 18.4 Å². The Bertz CT molecular complexity index is 1180. The van der Waals surface area contributed by atoms with Crippen molar-refractivity contribution in [2.45, 2.75) is 5.92 Å². The molecule has 2 fully saturated rings. The number of amides is 4. The second-order valence-electron chi connectivity index (χ2n) is 9.38. The highest BCUT2D eigenvalue weighted by molar-refractivity contribution is 6.30. The van der Waals surface area contributed by atoms with Crippen LogP contribution < -0.4 is 10.6 Å². The minimum atomic E-state index is -0.525. The van der Waals surface area contributed by atoms with Gasteiger partial charge in [-0.2, -0.15) is 0 Å². The molecule has 4 amide bonds. The molecular weight excluding hydrogens is 494 g/mol. The van der Waals surface area contributed by atoms with Crippen LogP contribution in [0.2, 0.25) is 5.02 Å². The van der Waals surface area contributed by atoms with Crippen molar-refractivity contribution in [1.82, 2.24) is 30.0 Å². The molecule has 10 nitrogen and oxygen atoms in total. The van der Waals surface area contributed by atoms with Gasteiger partial charge in [-0.1, -0.05) is 41.9 Å². The summed E-state index contributed by atoms with van der Waals surface area (Å²) < 4.78 is 0. The van der Waals surface area contributed by atoms with Crippen molar-refractivity contribution in [2.75, 3.05) is 58.4 Å². The highest BCUT2D eigenvalue weighted by Gasteiger charge is 2.41. The predicted molar refractivity (Wildman–Crippen MR) is 140 cm³/mol. The van der Waals surface area contributed by atoms with E-state index in [1.54, 1.807) is 29.3 Å². The number of nitrogens with zero attached hydrogens (tertiary/aromatic N) is 5. The van der Waals surface area contributed by atoms with Crippen LogP contribution in [0.4, 0.5) is 10.5 Å². The molecule has 5 rings (SSSR count). The van der Waals surface area contributed by atoms with Gasteiger partial charge in [0, 0.05) is 56.7 Å². The van der Waals surface area contributed by atoms with E-state index in [2.05, 4.69) is 10.6 Å². The fraction of sp³-hybridized carbons (Fsp3) is 0.346. The van der Waals surface area contributed by atoms with Gasteiger partial charge >= 0.3 is 6.03 Å². The van der Waals surface area contributed by atoms with Crippen LogP contribution in [0.25, 0.3) is 0 Å². The Kier molecular flexibility index (Phi) is 7.20. The molecule has 3 heterocycles. The number of hydrogen-bond acceptors (Lipinski definition) is 6. The van der Waals surface area contributed by atoms with Crippen molar-refractivity contribution < 1.29 is 14.4 Å². The van der Waals surface area contributed by atoms with Crippen LogP contribution in [-0.2, 0) is 9.59 Å². The molecule has 0 spiro atoms. The van der Waals surface area contributed by atoms with Gasteiger partial charge < -0.3 is 25.3 Å². The summed E-state index contributed by atoms with van der Waals surface area (Å²) >= 11 is 5.91. The molecule has 194 valence electrons. The van der Waals surface area contributed by atoms with E-state index in [1.165, 1.54) is 0 Å². The van der Waals surface area contributed by atoms with Gasteiger partial charge in [-0.05, 0) is 29.8 Å². The molecular formula is C26H30ClN7O3. The minimum absolute atomic E-state index is 0.00203. The van der Waals surface area contributed by atoms with E-state index in [4.69, 9.17) is 11.6 Å². The Morgan fingerprint density at radius 2 is 1.68 bits per heavy atom. The maximum Gasteiger partial charge on any atom is 0.319 e. The second-order valence-corrected chi connectivity index (χ2v) is 9.82. The standard InChI is InChI=1S/C26H30ClN7O3/c1-30-16-23-25(36)34(18-32(23)17-30)33-13-11-31(12-14-33)24(35)22(19-5-3-2-4-6-19)15-28-26(37)29-21-9-7-20(27)8-10-21/h2-10,16,22H,11-15,17-18H2,1H3,(H2,28,29,37). The lowest BCUT2D eigenvalue weighted by atomic mass is 9.97. The topological polar surface area (TPSA) is 91.5 Å². The number of anilines is 1. The molecule has 0 radical (unpaired) electrons. The fourth-order valence-electron chi connectivity index (χ4n) is 4.88. The van der Waals surface area contributed by atoms with Crippen LogP contribution in [0, 0.1) is 0 Å². The third-order valence-electron chi connectivity index (χ3n) is 6.81. The Labute approximate surface area is 221 Å². The maximum atomic E-state index is 13.6. The normalized spacial score (nSPS) is 18.5. The summed E-state index contributed by atoms with van der Waals surface area (Å²) in [6.07, 6.45) is 1.88. The lowest BCUT2D eigenvalue weighted by Crippen LogP contribution is -2.56. The molecule has 1 unspecified atom stereocenters. The van der Waals surface area contributed by atoms with Crippen LogP contribution >= 0.6 is 11.6 Å². The molecule has 3 aliphatic rings. The van der Waals surface area contributed by atoms with E-state index in [1.807, 2.05) is 63.3 Å². The van der Waals surface area contributed by atoms with Crippen LogP contribution in [0.5, 0.6) is 0 Å². The van der Waals surface area contributed by atoms with Crippen LogP contribution in [-0.4, -0.2) is 95.7 Å². The number of fused-ring (bicyclic) bond motifs is 1. The van der Waals surface area contributed by atoms with Gasteiger partial charge in [0.2, 0.25) is 5.91 Å². The zero-order valence-corrected chi connectivity index (χ0v) is 21.4. The quantitative estimate of drug-likeness (QED) is 0.603. The van der Waals surface area contributed by atoms with Gasteiger partial charge in [-0.15, -0.1) is 0 Å². The van der Waals surface area contributed by atoms with E-state index in [0.29, 0.717) is 55.9 Å². The van der Waals surface area contributed by atoms with Gasteiger partial charge in [0.05, 0.1) is 12.6 Å². The summed E-state index contributed by atoms with van der Waals surface area (Å²) in [5, 5.41) is 9.99. The number of carbonyl (C=O) groups excluding carboxylic acids is 3. The maximum absolute atomic E-state index is 13.6. The zero-order valence-electron chi connectivity index (χ0n) is 20.6. The van der Waals surface area contributed by atoms with Gasteiger partial charge in [-0.3, -0.25) is 9.59 Å². The van der Waals surface area contributed by atoms with Gasteiger partial charge in [-0.25, -0.2) is 14.8 Å². The predicted octanol–water partition coefficient (Wildman–Crippen LogP) is 2.15. The highest BCUT2D eigenvalue weighted by atomic mass is 35.5. The van der Waals surface area contributed by atoms with E-state index >= 15 is 0 Å². The molecule has 2 aromatic carbocycles. The summed E-state index contributed by atoms with van der Waals surface area (Å²) in [5.41, 5.74) is 2.17. The van der Waals surface area contributed by atoms with Crippen LogP contribution in [0.1, 0.15) is 11.5 Å². The largest absolute Gasteiger partial charge is 0.361 e. The average Bonchev–Trinajstić information content (AvgIpc) is 3.42. The molecule has 0 aromatic heterocycles. The third kappa shape index (κ3) is 5.50. The first kappa shape index (κ1) is 24.9. The number of urea groups is 1. The van der Waals surface area contributed by atoms with Crippen molar-refractivity contribution in [2.24, 2.45) is 0 Å². The zero-order chi connectivity index (χ0) is 25.9. The summed E-state index contributed by atoms with van der Waals surface area (Å²) in [6.45, 7) is 3.53. The number of carbonyl (C=O) groups is 3. The molecule has 2 aromatic rings. The smallest absolute Gasteiger partial charge is 0.319 e. The Morgan fingerprint density at radius 1 is 0.973 bits per heavy atom. The molecule has 2 saturated heterocycles. The van der Waals surface area contributed by atoms with E-state index in [9.17, 15) is 14.4 Å². The van der Waals surface area contributed by atoms with Gasteiger partial charge in [0.15, 0.2) is 0 Å². The number of benzene rings is 2. The summed E-state index contributed by atoms with van der Waals surface area (Å²) in [4.78, 5) is 44.8. The van der Waals surface area contributed by atoms with Gasteiger partial charge in [0.1, 0.15) is 12.4 Å². The van der Waals surface area contributed by atoms with Crippen molar-refractivity contribution in [3.63, 3.8) is 0 Å². The molecule has 0 saturated carbocycles.